The summed E-state index contributed by atoms with van der Waals surface area (Å²) in [5.74, 6) is -2.53. The van der Waals surface area contributed by atoms with E-state index >= 15 is 0 Å². The number of ether oxygens (including phenoxy) is 2. The van der Waals surface area contributed by atoms with Crippen LogP contribution in [0.5, 0.6) is 0 Å². The smallest absolute Gasteiger partial charge is 0.423 e. The van der Waals surface area contributed by atoms with Crippen LogP contribution in [0.3, 0.4) is 0 Å². The molecule has 12 heteroatoms. The van der Waals surface area contributed by atoms with Gasteiger partial charge in [-0.2, -0.15) is 5.10 Å². The van der Waals surface area contributed by atoms with Gasteiger partial charge >= 0.3 is 18.0 Å². The van der Waals surface area contributed by atoms with Crippen LogP contribution in [0.2, 0.25) is 0 Å². The molecule has 2 amide bonds. The van der Waals surface area contributed by atoms with Crippen molar-refractivity contribution >= 4 is 41.0 Å². The molecule has 12 nitrogen and oxygen atoms in total. The molecule has 0 unspecified atom stereocenters. The van der Waals surface area contributed by atoms with Crippen LogP contribution in [-0.2, 0) is 19.1 Å². The minimum absolute atomic E-state index is 0.117. The highest BCUT2D eigenvalue weighted by atomic mass is 16.7. The van der Waals surface area contributed by atoms with Crippen molar-refractivity contribution in [3.63, 3.8) is 0 Å². The van der Waals surface area contributed by atoms with Crippen molar-refractivity contribution in [2.75, 3.05) is 11.7 Å². The van der Waals surface area contributed by atoms with Gasteiger partial charge in [0.2, 0.25) is 6.79 Å². The van der Waals surface area contributed by atoms with Crippen LogP contribution < -0.4 is 10.6 Å². The van der Waals surface area contributed by atoms with Crippen LogP contribution in [0.4, 0.5) is 16.3 Å². The largest absolute Gasteiger partial charge is 0.481 e. The number of nitrogens with two attached hydrogens (primary N) is 1. The predicted octanol–water partition coefficient (Wildman–Crippen LogP) is 2.09. The molecule has 3 aromatic rings. The molecule has 0 aliphatic rings. The third kappa shape index (κ3) is 5.06. The van der Waals surface area contributed by atoms with Gasteiger partial charge in [0, 0.05) is 6.20 Å². The highest BCUT2D eigenvalue weighted by molar-refractivity contribution is 6.03. The number of benzene rings is 1. The normalized spacial score (nSPS) is 10.6. The number of aliphatic carboxylic acids is 1. The molecule has 172 valence electrons. The summed E-state index contributed by atoms with van der Waals surface area (Å²) in [5.41, 5.74) is 7.61. The van der Waals surface area contributed by atoms with Crippen LogP contribution >= 0.6 is 0 Å². The number of fused-ring (bicyclic) bond motifs is 1. The Morgan fingerprint density at radius 1 is 1.12 bits per heavy atom. The molecule has 1 aromatic carbocycles. The third-order valence-electron chi connectivity index (χ3n) is 4.77. The van der Waals surface area contributed by atoms with Crippen LogP contribution in [0.25, 0.3) is 5.52 Å². The molecule has 0 bridgehead atoms. The summed E-state index contributed by atoms with van der Waals surface area (Å²) in [6, 6.07) is 6.95. The lowest BCUT2D eigenvalue weighted by Gasteiger charge is -2.23. The van der Waals surface area contributed by atoms with Gasteiger partial charge in [0.25, 0.3) is 5.91 Å². The van der Waals surface area contributed by atoms with Crippen LogP contribution in [0, 0.1) is 13.8 Å². The predicted molar refractivity (Wildman–Crippen MR) is 114 cm³/mol. The summed E-state index contributed by atoms with van der Waals surface area (Å²) in [4.78, 5) is 52.5. The molecule has 0 aliphatic carbocycles. The standard InChI is InChI=1S/C21H21N5O7/c1-12-5-3-4-6-15(12)26(21(31)33-11-32-17(29)8-7-16(27)28)20-18-13(2)14(19(22)30)9-25(18)24-10-23-20/h3-6,9-10H,7-8,11H2,1-2H3,(H2,22,30)(H,27,28). The second kappa shape index (κ2) is 9.77. The number of carbonyl (C=O) groups is 4. The zero-order chi connectivity index (χ0) is 24.1. The quantitative estimate of drug-likeness (QED) is 0.382. The van der Waals surface area contributed by atoms with Gasteiger partial charge < -0.3 is 20.3 Å². The molecule has 0 radical (unpaired) electrons. The van der Waals surface area contributed by atoms with Gasteiger partial charge in [0.05, 0.1) is 24.1 Å². The van der Waals surface area contributed by atoms with E-state index in [9.17, 15) is 19.2 Å². The van der Waals surface area contributed by atoms with Crippen LogP contribution in [-0.4, -0.2) is 50.4 Å². The number of hydrogen-bond donors (Lipinski definition) is 2. The van der Waals surface area contributed by atoms with Crippen LogP contribution in [0.15, 0.2) is 36.8 Å². The number of esters is 1. The van der Waals surface area contributed by atoms with Gasteiger partial charge in [-0.05, 0) is 31.0 Å². The fraction of sp³-hybridized carbons (Fsp3) is 0.238. The van der Waals surface area contributed by atoms with Gasteiger partial charge in [0.1, 0.15) is 11.8 Å². The van der Waals surface area contributed by atoms with Crippen molar-refractivity contribution < 1.29 is 33.8 Å². The number of aromatic nitrogens is 3. The number of carboxylic acid groups (broad SMARTS) is 1. The number of amides is 2. The molecule has 2 aromatic heterocycles. The molecule has 3 rings (SSSR count). The van der Waals surface area contributed by atoms with Crippen molar-refractivity contribution in [1.82, 2.24) is 14.6 Å². The minimum Gasteiger partial charge on any atom is -0.481 e. The summed E-state index contributed by atoms with van der Waals surface area (Å²) in [5, 5.41) is 12.7. The zero-order valence-corrected chi connectivity index (χ0v) is 17.8. The molecular weight excluding hydrogens is 434 g/mol. The summed E-state index contributed by atoms with van der Waals surface area (Å²) in [6.45, 7) is 2.70. The lowest BCUT2D eigenvalue weighted by Crippen LogP contribution is -2.30. The second-order valence-electron chi connectivity index (χ2n) is 6.97. The number of carbonyl (C=O) groups excluding carboxylic acids is 3. The Balaban J connectivity index is 1.96. The number of hydrogen-bond acceptors (Lipinski definition) is 8. The SMILES string of the molecule is Cc1ccccc1N(C(=O)OCOC(=O)CCC(=O)O)c1ncnn2cc(C(N)=O)c(C)c12. The Labute approximate surface area is 187 Å². The molecule has 0 spiro atoms. The first kappa shape index (κ1) is 23.2. The average molecular weight is 455 g/mol. The summed E-state index contributed by atoms with van der Waals surface area (Å²) >= 11 is 0. The molecule has 0 atom stereocenters. The number of carboxylic acids is 1. The third-order valence-corrected chi connectivity index (χ3v) is 4.77. The van der Waals surface area contributed by atoms with E-state index < -0.39 is 37.2 Å². The molecule has 0 saturated heterocycles. The van der Waals surface area contributed by atoms with Gasteiger partial charge in [-0.15, -0.1) is 0 Å². The summed E-state index contributed by atoms with van der Waals surface area (Å²) in [6.07, 6.45) is 0.953. The highest BCUT2D eigenvalue weighted by Crippen LogP contribution is 2.33. The zero-order valence-electron chi connectivity index (χ0n) is 17.8. The van der Waals surface area contributed by atoms with E-state index in [1.807, 2.05) is 0 Å². The number of aryl methyl sites for hydroxylation is 2. The average Bonchev–Trinajstić information content (AvgIpc) is 3.11. The monoisotopic (exact) mass is 455 g/mol. The van der Waals surface area contributed by atoms with Gasteiger partial charge in [-0.3, -0.25) is 14.4 Å². The number of rotatable bonds is 8. The molecule has 2 heterocycles. The second-order valence-corrected chi connectivity index (χ2v) is 6.97. The Morgan fingerprint density at radius 3 is 2.52 bits per heavy atom. The summed E-state index contributed by atoms with van der Waals surface area (Å²) in [7, 11) is 0. The fourth-order valence-electron chi connectivity index (χ4n) is 3.16. The van der Waals surface area contributed by atoms with Crippen molar-refractivity contribution in [3.8, 4) is 0 Å². The van der Waals surface area contributed by atoms with Gasteiger partial charge in [0.15, 0.2) is 5.82 Å². The number of para-hydroxylation sites is 1. The molecule has 0 saturated carbocycles. The molecular formula is C21H21N5O7. The number of primary amides is 1. The minimum atomic E-state index is -1.15. The van der Waals surface area contributed by atoms with E-state index in [4.69, 9.17) is 20.3 Å². The Morgan fingerprint density at radius 2 is 1.85 bits per heavy atom. The molecule has 0 aliphatic heterocycles. The van der Waals surface area contributed by atoms with Gasteiger partial charge in [-0.25, -0.2) is 19.2 Å². The highest BCUT2D eigenvalue weighted by Gasteiger charge is 2.27. The topological polar surface area (TPSA) is 166 Å². The fourth-order valence-corrected chi connectivity index (χ4v) is 3.16. The Hall–Kier alpha value is -4.48. The maximum Gasteiger partial charge on any atom is 0.423 e. The molecule has 3 N–H and O–H groups in total. The first-order valence-corrected chi connectivity index (χ1v) is 9.73. The lowest BCUT2D eigenvalue weighted by molar-refractivity contribution is -0.154. The van der Waals surface area contributed by atoms with E-state index in [0.29, 0.717) is 22.3 Å². The van der Waals surface area contributed by atoms with Crippen LogP contribution in [0.1, 0.15) is 34.3 Å². The van der Waals surface area contributed by atoms with E-state index in [0.717, 1.165) is 4.90 Å². The Bertz CT molecular complexity index is 1240. The van der Waals surface area contributed by atoms with Gasteiger partial charge in [-0.1, -0.05) is 18.2 Å². The maximum absolute atomic E-state index is 13.1. The van der Waals surface area contributed by atoms with E-state index in [-0.39, 0.29) is 17.8 Å². The summed E-state index contributed by atoms with van der Waals surface area (Å²) < 4.78 is 11.3. The number of anilines is 2. The molecule has 0 fully saturated rings. The van der Waals surface area contributed by atoms with E-state index in [2.05, 4.69) is 10.1 Å². The van der Waals surface area contributed by atoms with E-state index in [1.165, 1.54) is 17.0 Å². The Kier molecular flexibility index (Phi) is 6.86. The van der Waals surface area contributed by atoms with Crippen molar-refractivity contribution in [2.45, 2.75) is 26.7 Å². The first-order chi connectivity index (χ1) is 15.7. The van der Waals surface area contributed by atoms with Crippen molar-refractivity contribution in [1.29, 1.82) is 0 Å². The number of nitrogens with zero attached hydrogens (tertiary/aromatic N) is 4. The molecule has 33 heavy (non-hydrogen) atoms. The van der Waals surface area contributed by atoms with Crippen molar-refractivity contribution in [2.24, 2.45) is 5.73 Å². The lowest BCUT2D eigenvalue weighted by atomic mass is 10.1. The first-order valence-electron chi connectivity index (χ1n) is 9.73. The van der Waals surface area contributed by atoms with Crippen molar-refractivity contribution in [3.05, 3.63) is 53.5 Å². The maximum atomic E-state index is 13.1. The van der Waals surface area contributed by atoms with E-state index in [1.54, 1.807) is 38.1 Å².